The smallest absolute Gasteiger partial charge is 0.161 e. The van der Waals surface area contributed by atoms with Crippen LogP contribution < -0.4 is 0 Å². The lowest BCUT2D eigenvalue weighted by Crippen LogP contribution is -1.86. The van der Waals surface area contributed by atoms with Crippen molar-refractivity contribution in [1.29, 1.82) is 0 Å². The first-order valence-electron chi connectivity index (χ1n) is 3.47. The van der Waals surface area contributed by atoms with E-state index in [1.807, 2.05) is 13.8 Å². The molecule has 0 aromatic carbocycles. The van der Waals surface area contributed by atoms with Crippen molar-refractivity contribution in [2.24, 2.45) is 0 Å². The fraction of sp³-hybridized carbons (Fsp3) is 0.571. The molecule has 0 bridgehead atoms. The first-order valence-corrected chi connectivity index (χ1v) is 3.47. The lowest BCUT2D eigenvalue weighted by atomic mass is 9.99. The molecule has 0 aliphatic heterocycles. The molecule has 1 unspecified atom stereocenters. The van der Waals surface area contributed by atoms with Crippen molar-refractivity contribution in [2.45, 2.75) is 25.8 Å². The minimum Gasteiger partial charge on any atom is -0.359 e. The van der Waals surface area contributed by atoms with E-state index in [2.05, 4.69) is 9.68 Å². The molecule has 1 aromatic heterocycles. The van der Waals surface area contributed by atoms with Crippen LogP contribution in [-0.2, 0) is 0 Å². The summed E-state index contributed by atoms with van der Waals surface area (Å²) in [4.78, 5) is 0. The van der Waals surface area contributed by atoms with Crippen molar-refractivity contribution in [3.63, 3.8) is 0 Å². The number of rotatable bonds is 2. The third-order valence-corrected chi connectivity index (χ3v) is 1.41. The Hall–Kier alpha value is -0.795. The highest BCUT2D eigenvalue weighted by atomic mass is 19.1. The standard InChI is InChI=1S/C7H9BFNO/c1-4(2)5-3-6(7(8)9)11-10-5/h3-4,7H,1-2H3. The van der Waals surface area contributed by atoms with E-state index in [1.165, 1.54) is 6.07 Å². The van der Waals surface area contributed by atoms with Gasteiger partial charge in [-0.15, -0.1) is 0 Å². The Morgan fingerprint density at radius 3 is 2.55 bits per heavy atom. The largest absolute Gasteiger partial charge is 0.359 e. The molecule has 1 heterocycles. The number of hydrogen-bond acceptors (Lipinski definition) is 2. The maximum Gasteiger partial charge on any atom is 0.161 e. The Labute approximate surface area is 66.2 Å². The minimum absolute atomic E-state index is 0.0914. The lowest BCUT2D eigenvalue weighted by Gasteiger charge is -1.93. The van der Waals surface area contributed by atoms with E-state index in [0.29, 0.717) is 0 Å². The van der Waals surface area contributed by atoms with Crippen LogP contribution in [0.3, 0.4) is 0 Å². The highest BCUT2D eigenvalue weighted by Gasteiger charge is 2.11. The van der Waals surface area contributed by atoms with Crippen LogP contribution in [0.1, 0.15) is 37.3 Å². The van der Waals surface area contributed by atoms with Gasteiger partial charge >= 0.3 is 0 Å². The third-order valence-electron chi connectivity index (χ3n) is 1.41. The van der Waals surface area contributed by atoms with Gasteiger partial charge in [-0.05, 0) is 5.92 Å². The molecule has 2 nitrogen and oxygen atoms in total. The highest BCUT2D eigenvalue weighted by Crippen LogP contribution is 2.19. The molecular formula is C7H9BFNO. The van der Waals surface area contributed by atoms with Gasteiger partial charge in [-0.3, -0.25) is 0 Å². The second-order valence-corrected chi connectivity index (χ2v) is 2.71. The Bertz CT molecular complexity index is 212. The van der Waals surface area contributed by atoms with E-state index in [0.717, 1.165) is 5.69 Å². The Balaban J connectivity index is 2.82. The molecule has 58 valence electrons. The van der Waals surface area contributed by atoms with Gasteiger partial charge in [-0.2, -0.15) is 0 Å². The topological polar surface area (TPSA) is 26.0 Å². The van der Waals surface area contributed by atoms with Gasteiger partial charge < -0.3 is 4.52 Å². The Morgan fingerprint density at radius 1 is 1.64 bits per heavy atom. The quantitative estimate of drug-likeness (QED) is 0.606. The molecule has 0 spiro atoms. The summed E-state index contributed by atoms with van der Waals surface area (Å²) in [6, 6.07) is 1.54. The monoisotopic (exact) mass is 153 g/mol. The van der Waals surface area contributed by atoms with Crippen molar-refractivity contribution < 1.29 is 8.91 Å². The fourth-order valence-electron chi connectivity index (χ4n) is 0.706. The van der Waals surface area contributed by atoms with Crippen LogP contribution >= 0.6 is 0 Å². The fourth-order valence-corrected chi connectivity index (χ4v) is 0.706. The number of aromatic nitrogens is 1. The summed E-state index contributed by atoms with van der Waals surface area (Å²) in [7, 11) is 4.93. The predicted octanol–water partition coefficient (Wildman–Crippen LogP) is 1.93. The molecule has 0 fully saturated rings. The molecular weight excluding hydrogens is 144 g/mol. The van der Waals surface area contributed by atoms with Crippen molar-refractivity contribution >= 4 is 7.85 Å². The van der Waals surface area contributed by atoms with Gasteiger partial charge in [0.15, 0.2) is 5.76 Å². The molecule has 1 aromatic rings. The summed E-state index contributed by atoms with van der Waals surface area (Å²) in [6.45, 7) is 3.90. The highest BCUT2D eigenvalue weighted by molar-refractivity contribution is 6.10. The lowest BCUT2D eigenvalue weighted by molar-refractivity contribution is 0.315. The van der Waals surface area contributed by atoms with E-state index >= 15 is 0 Å². The molecule has 2 radical (unpaired) electrons. The van der Waals surface area contributed by atoms with Gasteiger partial charge in [-0.1, -0.05) is 19.0 Å². The maximum atomic E-state index is 12.4. The van der Waals surface area contributed by atoms with Gasteiger partial charge in [0.25, 0.3) is 0 Å². The van der Waals surface area contributed by atoms with Crippen LogP contribution in [-0.4, -0.2) is 13.0 Å². The zero-order valence-electron chi connectivity index (χ0n) is 6.54. The predicted molar refractivity (Wildman–Crippen MR) is 40.2 cm³/mol. The summed E-state index contributed by atoms with van der Waals surface area (Å²) in [5.41, 5.74) is 0.730. The molecule has 0 N–H and O–H groups in total. The van der Waals surface area contributed by atoms with Crippen LogP contribution in [0.4, 0.5) is 4.39 Å². The average Bonchev–Trinajstić information content (AvgIpc) is 2.33. The molecule has 0 saturated heterocycles. The van der Waals surface area contributed by atoms with Crippen molar-refractivity contribution in [2.75, 3.05) is 0 Å². The summed E-state index contributed by atoms with van der Waals surface area (Å²) in [5.74, 6) is 0.333. The van der Waals surface area contributed by atoms with Gasteiger partial charge in [-0.25, -0.2) is 4.39 Å². The number of nitrogens with zero attached hydrogens (tertiary/aromatic N) is 1. The molecule has 1 rings (SSSR count). The normalized spacial score (nSPS) is 13.8. The maximum absolute atomic E-state index is 12.4. The molecule has 11 heavy (non-hydrogen) atoms. The zero-order chi connectivity index (χ0) is 8.43. The van der Waals surface area contributed by atoms with Crippen LogP contribution in [0, 0.1) is 0 Å². The molecule has 4 heteroatoms. The van der Waals surface area contributed by atoms with Gasteiger partial charge in [0, 0.05) is 6.07 Å². The van der Waals surface area contributed by atoms with Crippen LogP contribution in [0.15, 0.2) is 10.6 Å². The zero-order valence-corrected chi connectivity index (χ0v) is 6.54. The van der Waals surface area contributed by atoms with E-state index in [4.69, 9.17) is 7.85 Å². The van der Waals surface area contributed by atoms with E-state index < -0.39 is 6.07 Å². The molecule has 0 saturated carbocycles. The van der Waals surface area contributed by atoms with Gasteiger partial charge in [0.05, 0.1) is 5.69 Å². The summed E-state index contributed by atoms with van der Waals surface area (Å²) < 4.78 is 17.0. The summed E-state index contributed by atoms with van der Waals surface area (Å²) >= 11 is 0. The van der Waals surface area contributed by atoms with E-state index in [9.17, 15) is 4.39 Å². The van der Waals surface area contributed by atoms with Crippen molar-refractivity contribution in [1.82, 2.24) is 5.16 Å². The second kappa shape index (κ2) is 3.07. The average molecular weight is 153 g/mol. The van der Waals surface area contributed by atoms with Gasteiger partial charge in [0.2, 0.25) is 0 Å². The summed E-state index contributed by atoms with van der Waals surface area (Å²) in [5, 5.41) is 3.64. The molecule has 0 aliphatic rings. The number of alkyl halides is 1. The van der Waals surface area contributed by atoms with Crippen molar-refractivity contribution in [3.05, 3.63) is 17.5 Å². The molecule has 0 aliphatic carbocycles. The Morgan fingerprint density at radius 2 is 2.27 bits per heavy atom. The molecule has 0 amide bonds. The van der Waals surface area contributed by atoms with Crippen LogP contribution in [0.5, 0.6) is 0 Å². The van der Waals surface area contributed by atoms with Gasteiger partial charge in [0.1, 0.15) is 13.9 Å². The van der Waals surface area contributed by atoms with E-state index in [-0.39, 0.29) is 11.7 Å². The summed E-state index contributed by atoms with van der Waals surface area (Å²) in [6.07, 6.45) is -1.56. The molecule has 1 atom stereocenters. The minimum atomic E-state index is -1.56. The Kier molecular flexibility index (Phi) is 2.32. The number of halogens is 1. The SMILES string of the molecule is [B]C(F)c1cc(C(C)C)no1. The first-order chi connectivity index (χ1) is 5.11. The van der Waals surface area contributed by atoms with Crippen LogP contribution in [0.25, 0.3) is 0 Å². The first kappa shape index (κ1) is 8.30. The van der Waals surface area contributed by atoms with E-state index in [1.54, 1.807) is 0 Å². The third kappa shape index (κ3) is 1.82. The van der Waals surface area contributed by atoms with Crippen molar-refractivity contribution in [3.8, 4) is 0 Å². The second-order valence-electron chi connectivity index (χ2n) is 2.71. The number of hydrogen-bond donors (Lipinski definition) is 0. The van der Waals surface area contributed by atoms with Crippen LogP contribution in [0.2, 0.25) is 0 Å².